The van der Waals surface area contributed by atoms with Crippen LogP contribution in [0.2, 0.25) is 0 Å². The van der Waals surface area contributed by atoms with Crippen molar-refractivity contribution in [2.75, 3.05) is 0 Å². The Labute approximate surface area is 164 Å². The minimum absolute atomic E-state index is 0.0648. The molecule has 28 heavy (non-hydrogen) atoms. The number of carbonyl (C=O) groups is 1. The Hall–Kier alpha value is -3.09. The second-order valence-corrected chi connectivity index (χ2v) is 8.11. The van der Waals surface area contributed by atoms with Crippen LogP contribution in [0.15, 0.2) is 38.9 Å². The first-order valence-corrected chi connectivity index (χ1v) is 9.28. The summed E-state index contributed by atoms with van der Waals surface area (Å²) in [6, 6.07) is 8.04. The van der Waals surface area contributed by atoms with E-state index in [1.165, 1.54) is 5.56 Å². The van der Waals surface area contributed by atoms with Gasteiger partial charge < -0.3 is 21.2 Å². The normalized spacial score (nSPS) is 16.5. The van der Waals surface area contributed by atoms with Crippen LogP contribution in [0.25, 0.3) is 0 Å². The molecule has 1 aliphatic rings. The predicted molar refractivity (Wildman–Crippen MR) is 110 cm³/mol. The quantitative estimate of drug-likeness (QED) is 0.428. The van der Waals surface area contributed by atoms with Crippen LogP contribution in [0.3, 0.4) is 0 Å². The van der Waals surface area contributed by atoms with Gasteiger partial charge in [0.25, 0.3) is 5.91 Å². The zero-order valence-corrected chi connectivity index (χ0v) is 16.8. The molecule has 1 heterocycles. The largest absolute Gasteiger partial charge is 0.455 e. The number of carbonyl (C=O) groups excluding carboxylic acids is 1. The summed E-state index contributed by atoms with van der Waals surface area (Å²) >= 11 is 0. The molecule has 0 atom stereocenters. The number of furan rings is 1. The van der Waals surface area contributed by atoms with Crippen LogP contribution < -0.4 is 16.8 Å². The smallest absolute Gasteiger partial charge is 0.287 e. The molecule has 0 radical (unpaired) electrons. The van der Waals surface area contributed by atoms with Crippen molar-refractivity contribution in [2.24, 2.45) is 27.1 Å². The molecule has 0 aliphatic heterocycles. The maximum absolute atomic E-state index is 12.7. The van der Waals surface area contributed by atoms with Crippen LogP contribution in [0.1, 0.15) is 58.8 Å². The molecule has 0 bridgehead atoms. The summed E-state index contributed by atoms with van der Waals surface area (Å²) in [5, 5.41) is 11.0. The van der Waals surface area contributed by atoms with Crippen LogP contribution >= 0.6 is 0 Å². The van der Waals surface area contributed by atoms with Gasteiger partial charge >= 0.3 is 0 Å². The van der Waals surface area contributed by atoms with E-state index in [1.807, 2.05) is 38.1 Å². The molecule has 3 rings (SSSR count). The van der Waals surface area contributed by atoms with Crippen LogP contribution in [-0.2, 0) is 13.0 Å². The van der Waals surface area contributed by atoms with Crippen molar-refractivity contribution < 1.29 is 9.21 Å². The van der Waals surface area contributed by atoms with Gasteiger partial charge in [-0.25, -0.2) is 0 Å². The lowest BCUT2D eigenvalue weighted by Crippen LogP contribution is -2.27. The predicted octanol–water partition coefficient (Wildman–Crippen LogP) is 2.78. The topological polar surface area (TPSA) is 119 Å². The van der Waals surface area contributed by atoms with Gasteiger partial charge in [0.05, 0.1) is 5.71 Å². The summed E-state index contributed by atoms with van der Waals surface area (Å²) in [4.78, 5) is 12.7. The standard InChI is InChI=1S/C21H27N5O2/c1-12-5-7-14(8-6-12)11-24-19(27)18-13(2)17-15(25-26-20(22)23)9-21(3,4)10-16(17)28-18/h5-8H,9-11H2,1-4H3,(H,24,27)(H4,22,23,26)/b25-15-. The molecule has 2 aromatic rings. The minimum Gasteiger partial charge on any atom is -0.455 e. The fourth-order valence-corrected chi connectivity index (χ4v) is 3.50. The molecule has 0 unspecified atom stereocenters. The molecular formula is C21H27N5O2. The van der Waals surface area contributed by atoms with Gasteiger partial charge in [0, 0.05) is 24.1 Å². The van der Waals surface area contributed by atoms with E-state index in [0.717, 1.165) is 34.6 Å². The summed E-state index contributed by atoms with van der Waals surface area (Å²) in [7, 11) is 0. The van der Waals surface area contributed by atoms with Crippen molar-refractivity contribution in [2.45, 2.75) is 47.1 Å². The van der Waals surface area contributed by atoms with Gasteiger partial charge in [-0.1, -0.05) is 43.7 Å². The highest BCUT2D eigenvalue weighted by molar-refractivity contribution is 6.07. The summed E-state index contributed by atoms with van der Waals surface area (Å²) < 4.78 is 5.98. The van der Waals surface area contributed by atoms with Gasteiger partial charge in [0.2, 0.25) is 5.96 Å². The van der Waals surface area contributed by atoms with Crippen molar-refractivity contribution in [3.05, 3.63) is 58.0 Å². The molecule has 1 aliphatic carbocycles. The van der Waals surface area contributed by atoms with Crippen molar-refractivity contribution in [1.29, 1.82) is 0 Å². The third-order valence-electron chi connectivity index (χ3n) is 4.86. The molecule has 1 amide bonds. The Balaban J connectivity index is 1.88. The van der Waals surface area contributed by atoms with E-state index in [0.29, 0.717) is 18.7 Å². The van der Waals surface area contributed by atoms with E-state index in [9.17, 15) is 4.79 Å². The summed E-state index contributed by atoms with van der Waals surface area (Å²) in [5.74, 6) is 0.715. The minimum atomic E-state index is -0.244. The second kappa shape index (κ2) is 7.50. The van der Waals surface area contributed by atoms with Crippen molar-refractivity contribution in [3.8, 4) is 0 Å². The molecule has 5 N–H and O–H groups in total. The number of hydrogen-bond donors (Lipinski definition) is 3. The van der Waals surface area contributed by atoms with Crippen LogP contribution in [-0.4, -0.2) is 17.6 Å². The fraction of sp³-hybridized carbons (Fsp3) is 0.381. The monoisotopic (exact) mass is 381 g/mol. The van der Waals surface area contributed by atoms with Crippen molar-refractivity contribution >= 4 is 17.6 Å². The first kappa shape index (κ1) is 19.7. The van der Waals surface area contributed by atoms with Crippen LogP contribution in [0.4, 0.5) is 0 Å². The SMILES string of the molecule is Cc1ccc(CNC(=O)c2oc3c(c2C)/C(=N\N=C(N)N)CC(C)(C)C3)cc1. The molecule has 7 nitrogen and oxygen atoms in total. The highest BCUT2D eigenvalue weighted by atomic mass is 16.4. The van der Waals surface area contributed by atoms with E-state index < -0.39 is 0 Å². The van der Waals surface area contributed by atoms with Crippen LogP contribution in [0.5, 0.6) is 0 Å². The molecular weight excluding hydrogens is 354 g/mol. The number of nitrogens with one attached hydrogen (secondary N) is 1. The summed E-state index contributed by atoms with van der Waals surface area (Å²) in [6.45, 7) is 8.57. The first-order valence-electron chi connectivity index (χ1n) is 9.28. The third kappa shape index (κ3) is 4.24. The van der Waals surface area contributed by atoms with Gasteiger partial charge in [0.1, 0.15) is 5.76 Å². The Bertz CT molecular complexity index is 948. The number of nitrogens with two attached hydrogens (primary N) is 2. The number of nitrogens with zero attached hydrogens (tertiary/aromatic N) is 2. The zero-order valence-electron chi connectivity index (χ0n) is 16.8. The highest BCUT2D eigenvalue weighted by Gasteiger charge is 2.36. The van der Waals surface area contributed by atoms with E-state index in [-0.39, 0.29) is 17.3 Å². The fourth-order valence-electron chi connectivity index (χ4n) is 3.50. The second-order valence-electron chi connectivity index (χ2n) is 8.11. The Morgan fingerprint density at radius 1 is 1.18 bits per heavy atom. The molecule has 0 saturated carbocycles. The molecule has 7 heteroatoms. The van der Waals surface area contributed by atoms with E-state index >= 15 is 0 Å². The third-order valence-corrected chi connectivity index (χ3v) is 4.86. The van der Waals surface area contributed by atoms with Crippen molar-refractivity contribution in [3.63, 3.8) is 0 Å². The Morgan fingerprint density at radius 3 is 2.50 bits per heavy atom. The number of rotatable bonds is 4. The molecule has 148 valence electrons. The maximum Gasteiger partial charge on any atom is 0.287 e. The number of aryl methyl sites for hydroxylation is 1. The number of amides is 1. The molecule has 1 aromatic carbocycles. The lowest BCUT2D eigenvalue weighted by molar-refractivity contribution is 0.0919. The lowest BCUT2D eigenvalue weighted by Gasteiger charge is -2.29. The van der Waals surface area contributed by atoms with Gasteiger partial charge in [-0.15, -0.1) is 5.10 Å². The summed E-state index contributed by atoms with van der Waals surface area (Å²) in [6.07, 6.45) is 1.41. The molecule has 1 aromatic heterocycles. The average Bonchev–Trinajstić information content (AvgIpc) is 2.94. The number of benzene rings is 1. The van der Waals surface area contributed by atoms with Gasteiger partial charge in [0.15, 0.2) is 5.76 Å². The number of fused-ring (bicyclic) bond motifs is 1. The summed E-state index contributed by atoms with van der Waals surface area (Å²) in [5.41, 5.74) is 15.3. The van der Waals surface area contributed by atoms with Gasteiger partial charge in [-0.05, 0) is 31.2 Å². The molecule has 0 fully saturated rings. The first-order chi connectivity index (χ1) is 13.2. The van der Waals surface area contributed by atoms with Gasteiger partial charge in [-0.3, -0.25) is 4.79 Å². The molecule has 0 saturated heterocycles. The van der Waals surface area contributed by atoms with E-state index in [2.05, 4.69) is 29.4 Å². The Kier molecular flexibility index (Phi) is 5.27. The van der Waals surface area contributed by atoms with Crippen LogP contribution in [0, 0.1) is 19.3 Å². The van der Waals surface area contributed by atoms with E-state index in [4.69, 9.17) is 15.9 Å². The maximum atomic E-state index is 12.7. The zero-order chi connectivity index (χ0) is 20.5. The number of guanidine groups is 1. The lowest BCUT2D eigenvalue weighted by atomic mass is 9.75. The van der Waals surface area contributed by atoms with E-state index in [1.54, 1.807) is 0 Å². The average molecular weight is 381 g/mol. The Morgan fingerprint density at radius 2 is 1.86 bits per heavy atom. The molecule has 0 spiro atoms. The number of hydrogen-bond acceptors (Lipinski definition) is 4. The highest BCUT2D eigenvalue weighted by Crippen LogP contribution is 2.39. The van der Waals surface area contributed by atoms with Gasteiger partial charge in [-0.2, -0.15) is 5.10 Å². The van der Waals surface area contributed by atoms with Crippen molar-refractivity contribution in [1.82, 2.24) is 5.32 Å².